The van der Waals surface area contributed by atoms with E-state index in [1.807, 2.05) is 0 Å². The van der Waals surface area contributed by atoms with Crippen LogP contribution in [-0.4, -0.2) is 51.9 Å². The van der Waals surface area contributed by atoms with Gasteiger partial charge in [0.25, 0.3) is 0 Å². The Morgan fingerprint density at radius 2 is 2.00 bits per heavy atom. The number of carbonyl (C=O) groups is 1. The van der Waals surface area contributed by atoms with Gasteiger partial charge in [-0.1, -0.05) is 0 Å². The molecule has 0 unspecified atom stereocenters. The molecule has 1 saturated carbocycles. The van der Waals surface area contributed by atoms with Gasteiger partial charge in [0, 0.05) is 32.0 Å². The minimum atomic E-state index is -0.554. The molecule has 1 aromatic heterocycles. The van der Waals surface area contributed by atoms with Crippen LogP contribution in [0.1, 0.15) is 44.2 Å². The Kier molecular flexibility index (Phi) is 3.60. The van der Waals surface area contributed by atoms with Gasteiger partial charge in [-0.2, -0.15) is 0 Å². The zero-order valence-electron chi connectivity index (χ0n) is 13.1. The molecule has 1 atom stereocenters. The number of aromatic nitrogens is 2. The van der Waals surface area contributed by atoms with Crippen LogP contribution >= 0.6 is 0 Å². The smallest absolute Gasteiger partial charge is 0.249 e. The van der Waals surface area contributed by atoms with Gasteiger partial charge >= 0.3 is 0 Å². The number of amides is 1. The van der Waals surface area contributed by atoms with Gasteiger partial charge in [-0.25, -0.2) is 0 Å². The highest BCUT2D eigenvalue weighted by Gasteiger charge is 2.53. The Bertz CT molecular complexity index is 539. The van der Waals surface area contributed by atoms with Crippen molar-refractivity contribution in [3.63, 3.8) is 0 Å². The van der Waals surface area contributed by atoms with E-state index in [2.05, 4.69) is 19.8 Å². The molecule has 5 heteroatoms. The molecule has 4 rings (SSSR count). The van der Waals surface area contributed by atoms with Crippen LogP contribution in [0.5, 0.6) is 0 Å². The summed E-state index contributed by atoms with van der Waals surface area (Å²) in [7, 11) is 0. The molecule has 0 N–H and O–H groups in total. The van der Waals surface area contributed by atoms with Crippen LogP contribution in [-0.2, 0) is 10.3 Å². The van der Waals surface area contributed by atoms with Crippen molar-refractivity contribution in [2.75, 3.05) is 26.2 Å². The first-order chi connectivity index (χ1) is 10.8. The highest BCUT2D eigenvalue weighted by molar-refractivity contribution is 5.87. The molecule has 0 bridgehead atoms. The number of hydrogen-bond donors (Lipinski definition) is 0. The van der Waals surface area contributed by atoms with Gasteiger partial charge < -0.3 is 4.90 Å². The standard InChI is InChI=1S/C17H24N4O/c22-16(20-9-1-2-10-20)17(15-12-18-7-8-19-15)6-3-11-21(17)13-14-4-5-14/h7-8,12,14H,1-6,9-11,13H2/t17-/m0/s1. The minimum absolute atomic E-state index is 0.267. The highest BCUT2D eigenvalue weighted by atomic mass is 16.2. The predicted octanol–water partition coefficient (Wildman–Crippen LogP) is 1.80. The van der Waals surface area contributed by atoms with Gasteiger partial charge in [0.15, 0.2) is 0 Å². The van der Waals surface area contributed by atoms with Gasteiger partial charge in [-0.3, -0.25) is 19.7 Å². The van der Waals surface area contributed by atoms with Crippen LogP contribution in [0.15, 0.2) is 18.6 Å². The van der Waals surface area contributed by atoms with Crippen LogP contribution in [0.3, 0.4) is 0 Å². The normalized spacial score (nSPS) is 29.2. The fourth-order valence-corrected chi connectivity index (χ4v) is 4.07. The van der Waals surface area contributed by atoms with E-state index in [0.717, 1.165) is 63.5 Å². The lowest BCUT2D eigenvalue weighted by Crippen LogP contribution is -2.54. The molecule has 3 heterocycles. The van der Waals surface area contributed by atoms with Crippen molar-refractivity contribution < 1.29 is 4.79 Å². The number of rotatable bonds is 4. The molecule has 1 amide bonds. The lowest BCUT2D eigenvalue weighted by molar-refractivity contribution is -0.143. The third-order valence-corrected chi connectivity index (χ3v) is 5.42. The average Bonchev–Trinajstić information content (AvgIpc) is 3.05. The van der Waals surface area contributed by atoms with E-state index in [9.17, 15) is 4.79 Å². The molecule has 3 aliphatic rings. The van der Waals surface area contributed by atoms with Crippen LogP contribution in [0.2, 0.25) is 0 Å². The van der Waals surface area contributed by atoms with E-state index in [0.29, 0.717) is 0 Å². The summed E-state index contributed by atoms with van der Waals surface area (Å²) < 4.78 is 0. The van der Waals surface area contributed by atoms with Gasteiger partial charge in [0.2, 0.25) is 5.91 Å². The summed E-state index contributed by atoms with van der Waals surface area (Å²) in [6.07, 6.45) is 12.1. The molecular formula is C17H24N4O. The molecule has 0 aromatic carbocycles. The molecule has 2 aliphatic heterocycles. The van der Waals surface area contributed by atoms with Gasteiger partial charge in [-0.05, 0) is 51.0 Å². The summed E-state index contributed by atoms with van der Waals surface area (Å²) in [6, 6.07) is 0. The van der Waals surface area contributed by atoms with Crippen LogP contribution < -0.4 is 0 Å². The first-order valence-corrected chi connectivity index (χ1v) is 8.61. The third kappa shape index (κ3) is 2.32. The van der Waals surface area contributed by atoms with Crippen LogP contribution in [0.4, 0.5) is 0 Å². The van der Waals surface area contributed by atoms with Gasteiger partial charge in [0.1, 0.15) is 5.54 Å². The monoisotopic (exact) mass is 300 g/mol. The first kappa shape index (κ1) is 14.1. The van der Waals surface area contributed by atoms with E-state index < -0.39 is 5.54 Å². The second-order valence-electron chi connectivity index (χ2n) is 6.94. The van der Waals surface area contributed by atoms with Crippen molar-refractivity contribution in [2.24, 2.45) is 5.92 Å². The van der Waals surface area contributed by atoms with E-state index in [-0.39, 0.29) is 5.91 Å². The van der Waals surface area contributed by atoms with Crippen molar-refractivity contribution in [1.29, 1.82) is 0 Å². The topological polar surface area (TPSA) is 49.3 Å². The van der Waals surface area contributed by atoms with Crippen molar-refractivity contribution in [1.82, 2.24) is 19.8 Å². The quantitative estimate of drug-likeness (QED) is 0.851. The van der Waals surface area contributed by atoms with Crippen molar-refractivity contribution in [3.05, 3.63) is 24.3 Å². The maximum Gasteiger partial charge on any atom is 0.249 e. The van der Waals surface area contributed by atoms with Crippen molar-refractivity contribution >= 4 is 5.91 Å². The summed E-state index contributed by atoms with van der Waals surface area (Å²) in [5.41, 5.74) is 0.298. The molecular weight excluding hydrogens is 276 g/mol. The number of carbonyl (C=O) groups excluding carboxylic acids is 1. The number of hydrogen-bond acceptors (Lipinski definition) is 4. The molecule has 1 aliphatic carbocycles. The summed E-state index contributed by atoms with van der Waals surface area (Å²) >= 11 is 0. The highest BCUT2D eigenvalue weighted by Crippen LogP contribution is 2.43. The fraction of sp³-hybridized carbons (Fsp3) is 0.706. The maximum atomic E-state index is 13.4. The molecule has 5 nitrogen and oxygen atoms in total. The van der Waals surface area contributed by atoms with Gasteiger partial charge in [0.05, 0.1) is 11.9 Å². The zero-order valence-corrected chi connectivity index (χ0v) is 13.1. The van der Waals surface area contributed by atoms with E-state index in [1.54, 1.807) is 18.6 Å². The second kappa shape index (κ2) is 5.61. The lowest BCUT2D eigenvalue weighted by atomic mass is 9.90. The first-order valence-electron chi connectivity index (χ1n) is 8.61. The molecule has 2 saturated heterocycles. The van der Waals surface area contributed by atoms with Crippen molar-refractivity contribution in [3.8, 4) is 0 Å². The predicted molar refractivity (Wildman–Crippen MR) is 83.1 cm³/mol. The van der Waals surface area contributed by atoms with Gasteiger partial charge in [-0.15, -0.1) is 0 Å². The number of nitrogens with zero attached hydrogens (tertiary/aromatic N) is 4. The lowest BCUT2D eigenvalue weighted by Gasteiger charge is -2.39. The second-order valence-corrected chi connectivity index (χ2v) is 6.94. The SMILES string of the molecule is O=C(N1CCCC1)[C@@]1(c2cnccn2)CCCN1CC1CC1. The fourth-order valence-electron chi connectivity index (χ4n) is 4.07. The summed E-state index contributed by atoms with van der Waals surface area (Å²) in [5.74, 6) is 1.05. The molecule has 22 heavy (non-hydrogen) atoms. The largest absolute Gasteiger partial charge is 0.341 e. The Morgan fingerprint density at radius 3 is 2.68 bits per heavy atom. The molecule has 0 radical (unpaired) electrons. The Morgan fingerprint density at radius 1 is 1.18 bits per heavy atom. The molecule has 1 aromatic rings. The minimum Gasteiger partial charge on any atom is -0.341 e. The Hall–Kier alpha value is -1.49. The summed E-state index contributed by atoms with van der Waals surface area (Å²) in [5, 5.41) is 0. The van der Waals surface area contributed by atoms with E-state index in [4.69, 9.17) is 0 Å². The average molecular weight is 300 g/mol. The number of likely N-dealkylation sites (tertiary alicyclic amines) is 2. The Balaban J connectivity index is 1.71. The molecule has 3 fully saturated rings. The zero-order chi connectivity index (χ0) is 15.0. The summed E-state index contributed by atoms with van der Waals surface area (Å²) in [4.78, 5) is 26.7. The van der Waals surface area contributed by atoms with Crippen molar-refractivity contribution in [2.45, 2.75) is 44.1 Å². The summed E-state index contributed by atoms with van der Waals surface area (Å²) in [6.45, 7) is 3.85. The third-order valence-electron chi connectivity index (χ3n) is 5.42. The van der Waals surface area contributed by atoms with E-state index >= 15 is 0 Å². The molecule has 118 valence electrons. The van der Waals surface area contributed by atoms with Crippen LogP contribution in [0.25, 0.3) is 0 Å². The Labute approximate surface area is 131 Å². The van der Waals surface area contributed by atoms with E-state index in [1.165, 1.54) is 12.8 Å². The van der Waals surface area contributed by atoms with Crippen LogP contribution in [0, 0.1) is 5.92 Å². The molecule has 0 spiro atoms. The maximum absolute atomic E-state index is 13.4.